The summed E-state index contributed by atoms with van der Waals surface area (Å²) in [6, 6.07) is 0. The van der Waals surface area contributed by atoms with Gasteiger partial charge in [-0.1, -0.05) is 19.1 Å². The van der Waals surface area contributed by atoms with Gasteiger partial charge in [0.2, 0.25) is 0 Å². The summed E-state index contributed by atoms with van der Waals surface area (Å²) in [5.74, 6) is 0.344. The second-order valence-electron chi connectivity index (χ2n) is 2.84. The van der Waals surface area contributed by atoms with E-state index in [2.05, 4.69) is 6.08 Å². The van der Waals surface area contributed by atoms with Crippen molar-refractivity contribution >= 4 is 6.29 Å². The lowest BCUT2D eigenvalue weighted by Gasteiger charge is -2.16. The summed E-state index contributed by atoms with van der Waals surface area (Å²) >= 11 is 0. The zero-order chi connectivity index (χ0) is 8.27. The van der Waals surface area contributed by atoms with E-state index in [1.54, 1.807) is 0 Å². The quantitative estimate of drug-likeness (QED) is 0.599. The summed E-state index contributed by atoms with van der Waals surface area (Å²) in [7, 11) is 0. The van der Waals surface area contributed by atoms with E-state index in [9.17, 15) is 4.79 Å². The Morgan fingerprint density at radius 3 is 3.00 bits per heavy atom. The fourth-order valence-corrected chi connectivity index (χ4v) is 1.33. The highest BCUT2D eigenvalue weighted by Gasteiger charge is 2.13. The Bertz CT molecular complexity index is 216. The Kier molecular flexibility index (Phi) is 2.60. The lowest BCUT2D eigenvalue weighted by atomic mass is 9.89. The number of nitrogens with two attached hydrogens (primary N) is 1. The number of rotatable bonds is 2. The van der Waals surface area contributed by atoms with Gasteiger partial charge >= 0.3 is 0 Å². The van der Waals surface area contributed by atoms with Gasteiger partial charge in [-0.25, -0.2) is 0 Å². The molecule has 1 rings (SSSR count). The van der Waals surface area contributed by atoms with Crippen molar-refractivity contribution in [3.8, 4) is 0 Å². The van der Waals surface area contributed by atoms with E-state index >= 15 is 0 Å². The third kappa shape index (κ3) is 1.57. The highest BCUT2D eigenvalue weighted by atomic mass is 16.1. The predicted molar refractivity (Wildman–Crippen MR) is 45.1 cm³/mol. The first-order valence-corrected chi connectivity index (χ1v) is 3.84. The van der Waals surface area contributed by atoms with Crippen LogP contribution >= 0.6 is 0 Å². The van der Waals surface area contributed by atoms with Gasteiger partial charge in [0.25, 0.3) is 0 Å². The molecule has 0 amide bonds. The van der Waals surface area contributed by atoms with Crippen LogP contribution in [-0.2, 0) is 4.79 Å². The Morgan fingerprint density at radius 1 is 1.82 bits per heavy atom. The standard InChI is InChI=1S/C9H13NO/c1-7-3-2-4-8(5-10)9(7)6-11/h2,4,6-7H,3,5,10H2,1H3. The van der Waals surface area contributed by atoms with E-state index in [-0.39, 0.29) is 0 Å². The van der Waals surface area contributed by atoms with Crippen LogP contribution in [0.25, 0.3) is 0 Å². The molecule has 0 fully saturated rings. The van der Waals surface area contributed by atoms with Gasteiger partial charge in [-0.15, -0.1) is 0 Å². The van der Waals surface area contributed by atoms with Crippen molar-refractivity contribution in [2.24, 2.45) is 11.7 Å². The number of hydrogen-bond donors (Lipinski definition) is 1. The molecule has 11 heavy (non-hydrogen) atoms. The number of aldehydes is 1. The third-order valence-electron chi connectivity index (χ3n) is 2.06. The largest absolute Gasteiger partial charge is 0.326 e. The van der Waals surface area contributed by atoms with Crippen LogP contribution in [0.2, 0.25) is 0 Å². The summed E-state index contributed by atoms with van der Waals surface area (Å²) < 4.78 is 0. The van der Waals surface area contributed by atoms with Crippen LogP contribution in [-0.4, -0.2) is 12.8 Å². The fraction of sp³-hybridized carbons (Fsp3) is 0.444. The molecule has 1 aliphatic carbocycles. The monoisotopic (exact) mass is 151 g/mol. The van der Waals surface area contributed by atoms with Gasteiger partial charge in [0.05, 0.1) is 0 Å². The van der Waals surface area contributed by atoms with Crippen molar-refractivity contribution in [2.45, 2.75) is 13.3 Å². The van der Waals surface area contributed by atoms with Crippen LogP contribution in [0.15, 0.2) is 23.3 Å². The SMILES string of the molecule is CC1CC=CC(CN)=C1C=O. The van der Waals surface area contributed by atoms with Crippen molar-refractivity contribution < 1.29 is 4.79 Å². The number of allylic oxidation sites excluding steroid dienone is 2. The first-order chi connectivity index (χ1) is 5.29. The molecular weight excluding hydrogens is 138 g/mol. The zero-order valence-corrected chi connectivity index (χ0v) is 6.71. The topological polar surface area (TPSA) is 43.1 Å². The van der Waals surface area contributed by atoms with E-state index in [0.717, 1.165) is 23.9 Å². The van der Waals surface area contributed by atoms with Gasteiger partial charge < -0.3 is 5.73 Å². The van der Waals surface area contributed by atoms with Crippen LogP contribution in [0.5, 0.6) is 0 Å². The highest BCUT2D eigenvalue weighted by Crippen LogP contribution is 2.22. The van der Waals surface area contributed by atoms with Crippen LogP contribution in [0.4, 0.5) is 0 Å². The lowest BCUT2D eigenvalue weighted by molar-refractivity contribution is -0.105. The van der Waals surface area contributed by atoms with E-state index in [1.807, 2.05) is 13.0 Å². The first kappa shape index (κ1) is 8.21. The summed E-state index contributed by atoms with van der Waals surface area (Å²) in [4.78, 5) is 10.6. The molecule has 2 heteroatoms. The third-order valence-corrected chi connectivity index (χ3v) is 2.06. The maximum absolute atomic E-state index is 10.6. The lowest BCUT2D eigenvalue weighted by Crippen LogP contribution is -2.13. The van der Waals surface area contributed by atoms with E-state index < -0.39 is 0 Å². The molecule has 0 spiro atoms. The van der Waals surface area contributed by atoms with Gasteiger partial charge in [0, 0.05) is 6.54 Å². The molecule has 0 bridgehead atoms. The van der Waals surface area contributed by atoms with Gasteiger partial charge in [0.15, 0.2) is 0 Å². The van der Waals surface area contributed by atoms with E-state index in [4.69, 9.17) is 5.73 Å². The van der Waals surface area contributed by atoms with Crippen LogP contribution in [0.1, 0.15) is 13.3 Å². The maximum atomic E-state index is 10.6. The van der Waals surface area contributed by atoms with E-state index in [1.165, 1.54) is 0 Å². The second-order valence-corrected chi connectivity index (χ2v) is 2.84. The number of carbonyl (C=O) groups is 1. The smallest absolute Gasteiger partial charge is 0.146 e. The molecule has 0 aromatic heterocycles. The molecule has 1 unspecified atom stereocenters. The molecule has 1 aliphatic rings. The molecule has 1 atom stereocenters. The molecular formula is C9H13NO. The molecule has 2 nitrogen and oxygen atoms in total. The van der Waals surface area contributed by atoms with Crippen molar-refractivity contribution in [3.05, 3.63) is 23.3 Å². The van der Waals surface area contributed by atoms with Crippen molar-refractivity contribution in [1.29, 1.82) is 0 Å². The summed E-state index contributed by atoms with van der Waals surface area (Å²) in [5.41, 5.74) is 7.32. The molecule has 60 valence electrons. The average molecular weight is 151 g/mol. The van der Waals surface area contributed by atoms with Gasteiger partial charge in [0.1, 0.15) is 6.29 Å². The van der Waals surface area contributed by atoms with Crippen molar-refractivity contribution in [3.63, 3.8) is 0 Å². The minimum atomic E-state index is 0.344. The maximum Gasteiger partial charge on any atom is 0.146 e. The molecule has 0 heterocycles. The molecule has 0 saturated heterocycles. The summed E-state index contributed by atoms with van der Waals surface area (Å²) in [6.07, 6.45) is 5.90. The fourth-order valence-electron chi connectivity index (χ4n) is 1.33. The molecule has 0 radical (unpaired) electrons. The Morgan fingerprint density at radius 2 is 2.55 bits per heavy atom. The normalized spacial score (nSPS) is 24.0. The molecule has 0 aliphatic heterocycles. The minimum absolute atomic E-state index is 0.344. The molecule has 0 aromatic rings. The average Bonchev–Trinajstić information content (AvgIpc) is 2.04. The Labute approximate surface area is 66.8 Å². The van der Waals surface area contributed by atoms with Crippen LogP contribution in [0, 0.1) is 5.92 Å². The Balaban J connectivity index is 2.94. The molecule has 0 aromatic carbocycles. The van der Waals surface area contributed by atoms with E-state index in [0.29, 0.717) is 12.5 Å². The number of hydrogen-bond acceptors (Lipinski definition) is 2. The summed E-state index contributed by atoms with van der Waals surface area (Å²) in [5, 5.41) is 0. The zero-order valence-electron chi connectivity index (χ0n) is 6.71. The minimum Gasteiger partial charge on any atom is -0.326 e. The van der Waals surface area contributed by atoms with Crippen LogP contribution < -0.4 is 5.73 Å². The van der Waals surface area contributed by atoms with Crippen molar-refractivity contribution in [2.75, 3.05) is 6.54 Å². The second kappa shape index (κ2) is 3.49. The summed E-state index contributed by atoms with van der Waals surface area (Å²) in [6.45, 7) is 2.51. The number of carbonyl (C=O) groups excluding carboxylic acids is 1. The van der Waals surface area contributed by atoms with Gasteiger partial charge in [-0.05, 0) is 23.5 Å². The van der Waals surface area contributed by atoms with Crippen molar-refractivity contribution in [1.82, 2.24) is 0 Å². The van der Waals surface area contributed by atoms with Gasteiger partial charge in [-0.2, -0.15) is 0 Å². The Hall–Kier alpha value is -0.890. The van der Waals surface area contributed by atoms with Crippen LogP contribution in [0.3, 0.4) is 0 Å². The predicted octanol–water partition coefficient (Wildman–Crippen LogP) is 1.04. The highest BCUT2D eigenvalue weighted by molar-refractivity contribution is 5.77. The molecule has 2 N–H and O–H groups in total. The first-order valence-electron chi connectivity index (χ1n) is 3.84. The molecule has 0 saturated carbocycles. The van der Waals surface area contributed by atoms with Gasteiger partial charge in [-0.3, -0.25) is 4.79 Å².